The average Bonchev–Trinajstić information content (AvgIpc) is 3.50. The van der Waals surface area contributed by atoms with Crippen molar-refractivity contribution in [2.45, 2.75) is 12.0 Å². The van der Waals surface area contributed by atoms with Gasteiger partial charge in [-0.1, -0.05) is 12.1 Å². The molecule has 6 rings (SSSR count). The van der Waals surface area contributed by atoms with Gasteiger partial charge in [-0.05, 0) is 53.1 Å². The van der Waals surface area contributed by atoms with Gasteiger partial charge in [-0.3, -0.25) is 4.79 Å². The molecule has 0 spiro atoms. The maximum Gasteiger partial charge on any atom is 0.310 e. The molecule has 0 saturated carbocycles. The molecule has 1 saturated heterocycles. The van der Waals surface area contributed by atoms with Gasteiger partial charge < -0.3 is 34.1 Å². The van der Waals surface area contributed by atoms with E-state index in [1.165, 1.54) is 20.3 Å². The Bertz CT molecular complexity index is 1330. The number of benzene rings is 3. The zero-order chi connectivity index (χ0) is 25.0. The number of methoxy groups -OCH3 is 2. The number of anilines is 1. The van der Waals surface area contributed by atoms with E-state index in [2.05, 4.69) is 5.32 Å². The van der Waals surface area contributed by atoms with E-state index < -0.39 is 23.7 Å². The molecule has 0 aromatic heterocycles. The molecule has 0 bridgehead atoms. The number of hydrogen-bond acceptors (Lipinski definition) is 8. The van der Waals surface area contributed by atoms with Gasteiger partial charge in [0, 0.05) is 11.8 Å². The number of phenols is 1. The fourth-order valence-electron chi connectivity index (χ4n) is 5.59. The molecule has 8 nitrogen and oxygen atoms in total. The molecule has 3 aromatic rings. The summed E-state index contributed by atoms with van der Waals surface area (Å²) in [6.07, 6.45) is 0. The molecule has 1 aliphatic carbocycles. The normalized spacial score (nSPS) is 23.5. The van der Waals surface area contributed by atoms with Gasteiger partial charge in [0.15, 0.2) is 23.0 Å². The fraction of sp³-hybridized carbons (Fsp3) is 0.296. The fourth-order valence-corrected chi connectivity index (χ4v) is 5.59. The molecular formula is C27H24FNO7. The van der Waals surface area contributed by atoms with Crippen LogP contribution in [-0.2, 0) is 9.53 Å². The van der Waals surface area contributed by atoms with Gasteiger partial charge >= 0.3 is 5.97 Å². The molecule has 0 unspecified atom stereocenters. The smallest absolute Gasteiger partial charge is 0.310 e. The van der Waals surface area contributed by atoms with Crippen LogP contribution in [0.5, 0.6) is 28.7 Å². The lowest BCUT2D eigenvalue weighted by Gasteiger charge is -2.40. The van der Waals surface area contributed by atoms with Crippen LogP contribution in [0.2, 0.25) is 0 Å². The molecule has 2 N–H and O–H groups in total. The Kier molecular flexibility index (Phi) is 5.28. The summed E-state index contributed by atoms with van der Waals surface area (Å²) < 4.78 is 42.3. The Morgan fingerprint density at radius 3 is 2.31 bits per heavy atom. The highest BCUT2D eigenvalue weighted by Gasteiger charge is 2.52. The summed E-state index contributed by atoms with van der Waals surface area (Å²) in [7, 11) is 2.90. The third-order valence-corrected chi connectivity index (χ3v) is 7.23. The molecular weight excluding hydrogens is 469 g/mol. The Hall–Kier alpha value is -4.14. The Labute approximate surface area is 206 Å². The maximum absolute atomic E-state index is 14.7. The van der Waals surface area contributed by atoms with Crippen LogP contribution >= 0.6 is 0 Å². The highest BCUT2D eigenvalue weighted by atomic mass is 19.1. The van der Waals surface area contributed by atoms with Crippen molar-refractivity contribution in [2.24, 2.45) is 11.8 Å². The number of halogens is 1. The van der Waals surface area contributed by atoms with Crippen molar-refractivity contribution in [3.8, 4) is 28.7 Å². The summed E-state index contributed by atoms with van der Waals surface area (Å²) in [4.78, 5) is 13.2. The standard InChI is InChI=1S/C27H24FNO7/c1-32-21-7-13(8-22(33-2)26(21)30)23-14-9-19-20(36-12-35-19)10-15(14)25(16-11-34-27(31)24(16)23)29-18-6-4-3-5-17(18)28/h3-10,16,23-25,29-30H,11-12H2,1-2H3/t16-,23+,24-,25+/m0/s1. The van der Waals surface area contributed by atoms with Gasteiger partial charge in [0.2, 0.25) is 12.5 Å². The summed E-state index contributed by atoms with van der Waals surface area (Å²) in [6.45, 7) is 0.260. The quantitative estimate of drug-likeness (QED) is 0.506. The molecule has 186 valence electrons. The first kappa shape index (κ1) is 22.3. The summed E-state index contributed by atoms with van der Waals surface area (Å²) in [5.74, 6) is -0.629. The lowest BCUT2D eigenvalue weighted by Crippen LogP contribution is -2.37. The van der Waals surface area contributed by atoms with Crippen molar-refractivity contribution in [3.63, 3.8) is 0 Å². The van der Waals surface area contributed by atoms with Gasteiger partial charge in [-0.15, -0.1) is 0 Å². The summed E-state index contributed by atoms with van der Waals surface area (Å²) in [6, 6.07) is 13.1. The van der Waals surface area contributed by atoms with Crippen molar-refractivity contribution >= 4 is 11.7 Å². The van der Waals surface area contributed by atoms with E-state index in [1.807, 2.05) is 12.1 Å². The van der Waals surface area contributed by atoms with Gasteiger partial charge in [-0.2, -0.15) is 0 Å². The minimum absolute atomic E-state index is 0.0874. The van der Waals surface area contributed by atoms with Crippen molar-refractivity contribution < 1.29 is 38.0 Å². The van der Waals surface area contributed by atoms with Crippen LogP contribution in [0.25, 0.3) is 0 Å². The second kappa shape index (κ2) is 8.51. The molecule has 4 atom stereocenters. The van der Waals surface area contributed by atoms with Crippen LogP contribution in [0.4, 0.5) is 10.1 Å². The number of ether oxygens (including phenoxy) is 5. The van der Waals surface area contributed by atoms with Crippen LogP contribution < -0.4 is 24.3 Å². The van der Waals surface area contributed by atoms with E-state index in [1.54, 1.807) is 30.3 Å². The minimum atomic E-state index is -0.582. The third kappa shape index (κ3) is 3.37. The number of fused-ring (bicyclic) bond motifs is 3. The number of phenolic OH excluding ortho intramolecular Hbond substituents is 1. The Morgan fingerprint density at radius 1 is 0.972 bits per heavy atom. The number of carbonyl (C=O) groups excluding carboxylic acids is 1. The summed E-state index contributed by atoms with van der Waals surface area (Å²) in [5.41, 5.74) is 2.69. The van der Waals surface area contributed by atoms with Crippen LogP contribution in [0.15, 0.2) is 48.5 Å². The minimum Gasteiger partial charge on any atom is -0.502 e. The largest absolute Gasteiger partial charge is 0.502 e. The van der Waals surface area contributed by atoms with E-state index in [9.17, 15) is 14.3 Å². The highest BCUT2D eigenvalue weighted by Crippen LogP contribution is 2.56. The lowest BCUT2D eigenvalue weighted by molar-refractivity contribution is -0.141. The van der Waals surface area contributed by atoms with E-state index in [-0.39, 0.29) is 42.5 Å². The zero-order valence-corrected chi connectivity index (χ0v) is 19.6. The number of nitrogens with one attached hydrogen (secondary N) is 1. The van der Waals surface area contributed by atoms with E-state index in [0.29, 0.717) is 22.7 Å². The van der Waals surface area contributed by atoms with Gasteiger partial charge in [0.05, 0.1) is 38.5 Å². The predicted molar refractivity (Wildman–Crippen MR) is 126 cm³/mol. The number of esters is 1. The molecule has 9 heteroatoms. The molecule has 0 amide bonds. The second-order valence-electron chi connectivity index (χ2n) is 9.01. The van der Waals surface area contributed by atoms with Gasteiger partial charge in [-0.25, -0.2) is 4.39 Å². The number of aromatic hydroxyl groups is 1. The first-order valence-electron chi connectivity index (χ1n) is 11.6. The molecule has 2 heterocycles. The molecule has 0 radical (unpaired) electrons. The van der Waals surface area contributed by atoms with Crippen LogP contribution in [-0.4, -0.2) is 38.7 Å². The van der Waals surface area contributed by atoms with Crippen LogP contribution in [0.1, 0.15) is 28.7 Å². The molecule has 3 aliphatic rings. The first-order chi connectivity index (χ1) is 17.5. The Morgan fingerprint density at radius 2 is 1.64 bits per heavy atom. The first-order valence-corrected chi connectivity index (χ1v) is 11.6. The number of carbonyl (C=O) groups is 1. The molecule has 2 aliphatic heterocycles. The lowest BCUT2D eigenvalue weighted by atomic mass is 9.65. The third-order valence-electron chi connectivity index (χ3n) is 7.23. The molecule has 3 aromatic carbocycles. The van der Waals surface area contributed by atoms with E-state index in [0.717, 1.165) is 11.1 Å². The van der Waals surface area contributed by atoms with Gasteiger partial charge in [0.1, 0.15) is 5.82 Å². The highest BCUT2D eigenvalue weighted by molar-refractivity contribution is 5.79. The van der Waals surface area contributed by atoms with Crippen molar-refractivity contribution in [1.29, 1.82) is 0 Å². The van der Waals surface area contributed by atoms with Crippen LogP contribution in [0, 0.1) is 17.7 Å². The second-order valence-corrected chi connectivity index (χ2v) is 9.01. The zero-order valence-electron chi connectivity index (χ0n) is 19.6. The van der Waals surface area contributed by atoms with Crippen molar-refractivity contribution in [3.05, 3.63) is 71.0 Å². The number of para-hydroxylation sites is 1. The maximum atomic E-state index is 14.7. The topological polar surface area (TPSA) is 95.5 Å². The van der Waals surface area contributed by atoms with Crippen molar-refractivity contribution in [1.82, 2.24) is 0 Å². The average molecular weight is 493 g/mol. The van der Waals surface area contributed by atoms with E-state index in [4.69, 9.17) is 23.7 Å². The predicted octanol–water partition coefficient (Wildman–Crippen LogP) is 4.37. The molecule has 36 heavy (non-hydrogen) atoms. The summed E-state index contributed by atoms with van der Waals surface area (Å²) in [5, 5.41) is 13.8. The van der Waals surface area contributed by atoms with Gasteiger partial charge in [0.25, 0.3) is 0 Å². The number of cyclic esters (lactones) is 1. The van der Waals surface area contributed by atoms with Crippen LogP contribution in [0.3, 0.4) is 0 Å². The monoisotopic (exact) mass is 493 g/mol. The SMILES string of the molecule is COc1cc([C@@H]2c3cc4c(cc3[C@@H](Nc3ccccc3F)[C@H]3COC(=O)[C@H]23)OCO4)cc(OC)c1O. The molecule has 1 fully saturated rings. The number of rotatable bonds is 5. The number of hydrogen-bond donors (Lipinski definition) is 2. The van der Waals surface area contributed by atoms with E-state index >= 15 is 0 Å². The summed E-state index contributed by atoms with van der Waals surface area (Å²) >= 11 is 0. The Balaban J connectivity index is 1.56. The van der Waals surface area contributed by atoms with Crippen molar-refractivity contribution in [2.75, 3.05) is 32.9 Å².